The number of benzene rings is 5. The fourth-order valence-electron chi connectivity index (χ4n) is 5.54. The Labute approximate surface area is 230 Å². The lowest BCUT2D eigenvalue weighted by Gasteiger charge is -2.10. The Bertz CT molecular complexity index is 2060. The highest BCUT2D eigenvalue weighted by molar-refractivity contribution is 6.09. The number of imidazole rings is 1. The van der Waals surface area contributed by atoms with Gasteiger partial charge in [0.2, 0.25) is 0 Å². The van der Waals surface area contributed by atoms with Crippen molar-refractivity contribution in [3.8, 4) is 39.7 Å². The van der Waals surface area contributed by atoms with Gasteiger partial charge in [-0.05, 0) is 60.7 Å². The standard InChI is InChI=1S/C35H23N3O2/c1-2-8-27(9-3-1)40-28-20-16-24(17-21-28)33-34(37-22-23-39-35(37)36-33)25-14-18-26(19-15-25)38-31-12-6-4-10-29(31)30-11-5-7-13-32(30)38/h1-23H. The van der Waals surface area contributed by atoms with E-state index in [0.717, 1.165) is 39.7 Å². The van der Waals surface area contributed by atoms with Gasteiger partial charge in [-0.1, -0.05) is 66.7 Å². The maximum Gasteiger partial charge on any atom is 0.306 e. The van der Waals surface area contributed by atoms with Crippen molar-refractivity contribution in [2.24, 2.45) is 0 Å². The number of fused-ring (bicyclic) bond motifs is 4. The van der Waals surface area contributed by atoms with Crippen LogP contribution >= 0.6 is 0 Å². The minimum absolute atomic E-state index is 0.557. The van der Waals surface area contributed by atoms with E-state index in [-0.39, 0.29) is 0 Å². The Hall–Kier alpha value is -5.55. The molecule has 3 aromatic heterocycles. The van der Waals surface area contributed by atoms with E-state index in [1.54, 1.807) is 6.26 Å². The molecule has 0 aliphatic carbocycles. The zero-order chi connectivity index (χ0) is 26.5. The average Bonchev–Trinajstić information content (AvgIpc) is 3.70. The maximum absolute atomic E-state index is 5.99. The molecule has 0 spiro atoms. The van der Waals surface area contributed by atoms with Gasteiger partial charge in [0.1, 0.15) is 23.5 Å². The van der Waals surface area contributed by atoms with Crippen LogP contribution in [0.15, 0.2) is 144 Å². The quantitative estimate of drug-likeness (QED) is 0.229. The van der Waals surface area contributed by atoms with Crippen molar-refractivity contribution in [1.29, 1.82) is 0 Å². The summed E-state index contributed by atoms with van der Waals surface area (Å²) in [5, 5.41) is 2.50. The first kappa shape index (κ1) is 22.4. The van der Waals surface area contributed by atoms with Gasteiger partial charge >= 0.3 is 5.84 Å². The minimum Gasteiger partial charge on any atom is -0.457 e. The molecule has 0 unspecified atom stereocenters. The molecule has 190 valence electrons. The highest BCUT2D eigenvalue weighted by Gasteiger charge is 2.19. The smallest absolute Gasteiger partial charge is 0.306 e. The number of oxazole rings is 1. The summed E-state index contributed by atoms with van der Waals surface area (Å²) in [6, 6.07) is 43.6. The summed E-state index contributed by atoms with van der Waals surface area (Å²) < 4.78 is 16.0. The number of nitrogens with zero attached hydrogens (tertiary/aromatic N) is 3. The van der Waals surface area contributed by atoms with E-state index in [4.69, 9.17) is 14.1 Å². The van der Waals surface area contributed by atoms with Crippen LogP contribution in [-0.2, 0) is 0 Å². The number of rotatable bonds is 5. The van der Waals surface area contributed by atoms with Gasteiger partial charge in [0.05, 0.1) is 16.7 Å². The molecule has 0 atom stereocenters. The Balaban J connectivity index is 1.20. The Morgan fingerprint density at radius 2 is 1.18 bits per heavy atom. The summed E-state index contributed by atoms with van der Waals surface area (Å²) in [6.45, 7) is 0. The van der Waals surface area contributed by atoms with Crippen LogP contribution < -0.4 is 4.74 Å². The molecule has 0 saturated heterocycles. The second-order valence-corrected chi connectivity index (χ2v) is 9.72. The van der Waals surface area contributed by atoms with Gasteiger partial charge in [-0.3, -0.25) is 4.40 Å². The van der Waals surface area contributed by atoms with Crippen LogP contribution in [0.25, 0.3) is 55.9 Å². The summed E-state index contributed by atoms with van der Waals surface area (Å²) in [7, 11) is 0. The van der Waals surface area contributed by atoms with E-state index < -0.39 is 0 Å². The second-order valence-electron chi connectivity index (χ2n) is 9.72. The molecule has 5 nitrogen and oxygen atoms in total. The molecular formula is C35H23N3O2. The largest absolute Gasteiger partial charge is 0.457 e. The van der Waals surface area contributed by atoms with Crippen molar-refractivity contribution in [3.05, 3.63) is 140 Å². The van der Waals surface area contributed by atoms with Gasteiger partial charge < -0.3 is 13.7 Å². The summed E-state index contributed by atoms with van der Waals surface area (Å²) in [5.74, 6) is 2.13. The third-order valence-corrected chi connectivity index (χ3v) is 7.35. The molecule has 3 heterocycles. The molecule has 8 aromatic rings. The number of para-hydroxylation sites is 3. The van der Waals surface area contributed by atoms with Crippen molar-refractivity contribution in [2.45, 2.75) is 0 Å². The lowest BCUT2D eigenvalue weighted by atomic mass is 10.0. The summed E-state index contributed by atoms with van der Waals surface area (Å²) in [6.07, 6.45) is 3.58. The summed E-state index contributed by atoms with van der Waals surface area (Å²) in [4.78, 5) is 4.84. The van der Waals surface area contributed by atoms with Crippen LogP contribution in [0.2, 0.25) is 0 Å². The zero-order valence-corrected chi connectivity index (χ0v) is 21.4. The third kappa shape index (κ3) is 3.60. The zero-order valence-electron chi connectivity index (χ0n) is 21.4. The predicted octanol–water partition coefficient (Wildman–Crippen LogP) is 9.15. The van der Waals surface area contributed by atoms with E-state index in [2.05, 4.69) is 77.4 Å². The topological polar surface area (TPSA) is 44.6 Å². The Morgan fingerprint density at radius 3 is 1.88 bits per heavy atom. The van der Waals surface area contributed by atoms with Crippen molar-refractivity contribution < 1.29 is 9.15 Å². The van der Waals surface area contributed by atoms with E-state index in [0.29, 0.717) is 5.84 Å². The van der Waals surface area contributed by atoms with E-state index >= 15 is 0 Å². The highest BCUT2D eigenvalue weighted by atomic mass is 16.5. The monoisotopic (exact) mass is 517 g/mol. The lowest BCUT2D eigenvalue weighted by Crippen LogP contribution is -1.94. The van der Waals surface area contributed by atoms with Crippen molar-refractivity contribution >= 4 is 27.6 Å². The van der Waals surface area contributed by atoms with Crippen LogP contribution in [0, 0.1) is 0 Å². The molecule has 0 aliphatic rings. The highest BCUT2D eigenvalue weighted by Crippen LogP contribution is 2.36. The van der Waals surface area contributed by atoms with Crippen LogP contribution in [0.3, 0.4) is 0 Å². The predicted molar refractivity (Wildman–Crippen MR) is 159 cm³/mol. The van der Waals surface area contributed by atoms with Gasteiger partial charge in [0.25, 0.3) is 0 Å². The molecule has 5 aromatic carbocycles. The van der Waals surface area contributed by atoms with Crippen molar-refractivity contribution in [1.82, 2.24) is 14.0 Å². The molecule has 5 heteroatoms. The first-order valence-corrected chi connectivity index (χ1v) is 13.2. The Kier molecular flexibility index (Phi) is 5.07. The van der Waals surface area contributed by atoms with Crippen LogP contribution in [-0.4, -0.2) is 14.0 Å². The molecule has 0 amide bonds. The molecule has 0 fully saturated rings. The normalized spacial score (nSPS) is 11.5. The van der Waals surface area contributed by atoms with Gasteiger partial charge in [0.15, 0.2) is 0 Å². The van der Waals surface area contributed by atoms with Crippen molar-refractivity contribution in [3.63, 3.8) is 0 Å². The summed E-state index contributed by atoms with van der Waals surface area (Å²) >= 11 is 0. The fourth-order valence-corrected chi connectivity index (χ4v) is 5.54. The molecule has 8 rings (SSSR count). The lowest BCUT2D eigenvalue weighted by molar-refractivity contribution is 0.483. The second kappa shape index (κ2) is 9.03. The first-order chi connectivity index (χ1) is 19.8. The molecule has 0 saturated carbocycles. The molecule has 0 aliphatic heterocycles. The molecule has 0 N–H and O–H groups in total. The van der Waals surface area contributed by atoms with Gasteiger partial charge in [-0.25, -0.2) is 0 Å². The SMILES string of the molecule is c1ccc(Oc2ccc(-c3nc4occn4c3-c3ccc(-n4c5ccccc5c5ccccc54)cc3)cc2)cc1. The number of aromatic nitrogens is 3. The molecular weight excluding hydrogens is 494 g/mol. The van der Waals surface area contributed by atoms with Gasteiger partial charge in [-0.15, -0.1) is 0 Å². The van der Waals surface area contributed by atoms with E-state index in [1.807, 2.05) is 65.2 Å². The third-order valence-electron chi connectivity index (χ3n) is 7.35. The van der Waals surface area contributed by atoms with Crippen LogP contribution in [0.5, 0.6) is 11.5 Å². The fraction of sp³-hybridized carbons (Fsp3) is 0. The number of ether oxygens (including phenoxy) is 1. The number of hydrogen-bond acceptors (Lipinski definition) is 3. The van der Waals surface area contributed by atoms with Crippen molar-refractivity contribution in [2.75, 3.05) is 0 Å². The molecule has 0 bridgehead atoms. The van der Waals surface area contributed by atoms with Crippen LogP contribution in [0.4, 0.5) is 0 Å². The summed E-state index contributed by atoms with van der Waals surface area (Å²) in [5.41, 5.74) is 7.37. The minimum atomic E-state index is 0.557. The van der Waals surface area contributed by atoms with Gasteiger partial charge in [0, 0.05) is 33.8 Å². The van der Waals surface area contributed by atoms with Gasteiger partial charge in [-0.2, -0.15) is 4.98 Å². The Morgan fingerprint density at radius 1 is 0.575 bits per heavy atom. The number of hydrogen-bond donors (Lipinski definition) is 0. The first-order valence-electron chi connectivity index (χ1n) is 13.2. The van der Waals surface area contributed by atoms with E-state index in [9.17, 15) is 0 Å². The molecule has 0 radical (unpaired) electrons. The average molecular weight is 518 g/mol. The van der Waals surface area contributed by atoms with Crippen LogP contribution in [0.1, 0.15) is 0 Å². The maximum atomic E-state index is 5.99. The molecule has 40 heavy (non-hydrogen) atoms. The van der Waals surface area contributed by atoms with E-state index in [1.165, 1.54) is 21.8 Å².